The van der Waals surface area contributed by atoms with Crippen molar-refractivity contribution in [2.45, 2.75) is 95.2 Å². The van der Waals surface area contributed by atoms with Crippen LogP contribution in [-0.2, 0) is 9.31 Å². The van der Waals surface area contributed by atoms with Gasteiger partial charge < -0.3 is 14.6 Å². The molecule has 1 aromatic rings. The molecule has 2 fully saturated rings. The Morgan fingerprint density at radius 2 is 1.69 bits per heavy atom. The zero-order valence-corrected chi connectivity index (χ0v) is 19.1. The highest BCUT2D eigenvalue weighted by Crippen LogP contribution is 2.59. The van der Waals surface area contributed by atoms with Crippen LogP contribution in [0.3, 0.4) is 0 Å². The number of alkyl halides is 1. The number of hydrogen-bond acceptors (Lipinski definition) is 3. The summed E-state index contributed by atoms with van der Waals surface area (Å²) in [7, 11) is -0.296. The highest BCUT2D eigenvalue weighted by Gasteiger charge is 2.64. The van der Waals surface area contributed by atoms with Crippen molar-refractivity contribution in [3.05, 3.63) is 35.9 Å². The van der Waals surface area contributed by atoms with Gasteiger partial charge in [-0.2, -0.15) is 0 Å². The number of unbranched alkanes of at least 4 members (excludes halogenated alkanes) is 3. The fraction of sp³-hybridized carbons (Fsp3) is 0.696. The maximum atomic E-state index is 12.8. The van der Waals surface area contributed by atoms with Gasteiger partial charge in [-0.25, -0.2) is 0 Å². The Morgan fingerprint density at radius 1 is 1.07 bits per heavy atom. The minimum absolute atomic E-state index is 0.0154. The number of nitrogens with one attached hydrogen (secondary N) is 1. The summed E-state index contributed by atoms with van der Waals surface area (Å²) in [6.07, 6.45) is 7.41. The van der Waals surface area contributed by atoms with Crippen molar-refractivity contribution in [1.29, 1.82) is 0 Å². The molecule has 2 atom stereocenters. The van der Waals surface area contributed by atoms with Gasteiger partial charge >= 0.3 is 7.12 Å². The Labute approximate surface area is 181 Å². The van der Waals surface area contributed by atoms with Crippen LogP contribution in [0.15, 0.2) is 30.3 Å². The monoisotopic (exact) mass is 419 g/mol. The van der Waals surface area contributed by atoms with Gasteiger partial charge in [0.15, 0.2) is 0 Å². The maximum absolute atomic E-state index is 12.8. The van der Waals surface area contributed by atoms with Gasteiger partial charge in [0.1, 0.15) is 0 Å². The molecule has 0 radical (unpaired) electrons. The molecule has 1 saturated heterocycles. The SMILES string of the molecule is CC1(C)OB([C@@]2(CCCCCCCl)CC[C@H]2NC(=O)c2ccccc2)OC1(C)C. The first kappa shape index (κ1) is 22.6. The van der Waals surface area contributed by atoms with Crippen molar-refractivity contribution in [2.24, 2.45) is 0 Å². The molecule has 0 spiro atoms. The molecule has 1 aliphatic carbocycles. The molecular formula is C23H35BClNO3. The van der Waals surface area contributed by atoms with E-state index in [1.165, 1.54) is 0 Å². The van der Waals surface area contributed by atoms with E-state index in [0.29, 0.717) is 5.56 Å². The number of rotatable bonds is 9. The number of hydrogen-bond donors (Lipinski definition) is 1. The van der Waals surface area contributed by atoms with Gasteiger partial charge in [-0.15, -0.1) is 11.6 Å². The summed E-state index contributed by atoms with van der Waals surface area (Å²) in [4.78, 5) is 12.8. The second kappa shape index (κ2) is 8.99. The normalized spacial score (nSPS) is 27.5. The molecule has 0 bridgehead atoms. The van der Waals surface area contributed by atoms with Crippen LogP contribution in [0.4, 0.5) is 0 Å². The molecule has 1 aromatic carbocycles. The lowest BCUT2D eigenvalue weighted by atomic mass is 9.42. The molecule has 1 N–H and O–H groups in total. The van der Waals surface area contributed by atoms with E-state index >= 15 is 0 Å². The van der Waals surface area contributed by atoms with E-state index < -0.39 is 0 Å². The quantitative estimate of drug-likeness (QED) is 0.322. The summed E-state index contributed by atoms with van der Waals surface area (Å²) in [6.45, 7) is 8.38. The molecule has 3 rings (SSSR count). The Kier molecular flexibility index (Phi) is 7.02. The van der Waals surface area contributed by atoms with E-state index in [1.54, 1.807) is 0 Å². The average molecular weight is 420 g/mol. The summed E-state index contributed by atoms with van der Waals surface area (Å²) in [6, 6.07) is 9.50. The average Bonchev–Trinajstić information content (AvgIpc) is 2.89. The molecule has 160 valence electrons. The van der Waals surface area contributed by atoms with Crippen molar-refractivity contribution in [3.8, 4) is 0 Å². The standard InChI is InChI=1S/C23H35BClNO3/c1-21(2)22(3,4)29-24(28-21)23(15-10-5-6-11-17-25)16-14-19(23)26-20(27)18-12-8-7-9-13-18/h7-9,12-13,19H,5-6,10-11,14-17H2,1-4H3,(H,26,27)/t19-,23+/m1/s1. The van der Waals surface area contributed by atoms with Crippen LogP contribution < -0.4 is 5.32 Å². The lowest BCUT2D eigenvalue weighted by Crippen LogP contribution is -2.58. The molecule has 6 heteroatoms. The van der Waals surface area contributed by atoms with Gasteiger partial charge in [-0.05, 0) is 65.5 Å². The third kappa shape index (κ3) is 4.67. The van der Waals surface area contributed by atoms with Gasteiger partial charge in [-0.1, -0.05) is 37.5 Å². The number of halogens is 1. The molecule has 4 nitrogen and oxygen atoms in total. The zero-order chi connectivity index (χ0) is 21.1. The minimum atomic E-state index is -0.368. The predicted octanol–water partition coefficient (Wildman–Crippen LogP) is 5.60. The number of carbonyl (C=O) groups excluding carboxylic acids is 1. The van der Waals surface area contributed by atoms with E-state index in [9.17, 15) is 4.79 Å². The first-order chi connectivity index (χ1) is 13.7. The smallest absolute Gasteiger partial charge is 0.403 e. The maximum Gasteiger partial charge on any atom is 0.466 e. The van der Waals surface area contributed by atoms with Gasteiger partial charge in [0.2, 0.25) is 0 Å². The van der Waals surface area contributed by atoms with E-state index in [2.05, 4.69) is 33.0 Å². The summed E-state index contributed by atoms with van der Waals surface area (Å²) in [5.74, 6) is 0.705. The molecule has 2 aliphatic rings. The van der Waals surface area contributed by atoms with Gasteiger partial charge in [0, 0.05) is 22.8 Å². The lowest BCUT2D eigenvalue weighted by Gasteiger charge is -2.51. The van der Waals surface area contributed by atoms with Crippen LogP contribution in [0, 0.1) is 0 Å². The minimum Gasteiger partial charge on any atom is -0.403 e. The Bertz CT molecular complexity index is 681. The summed E-state index contributed by atoms with van der Waals surface area (Å²) < 4.78 is 12.9. The highest BCUT2D eigenvalue weighted by molar-refractivity contribution is 6.50. The van der Waals surface area contributed by atoms with Crippen LogP contribution in [0.5, 0.6) is 0 Å². The molecule has 29 heavy (non-hydrogen) atoms. The molecule has 1 aliphatic heterocycles. The third-order valence-electron chi connectivity index (χ3n) is 7.18. The Hall–Kier alpha value is -1.04. The van der Waals surface area contributed by atoms with Crippen molar-refractivity contribution in [1.82, 2.24) is 5.32 Å². The van der Waals surface area contributed by atoms with Crippen LogP contribution in [0.2, 0.25) is 5.31 Å². The van der Waals surface area contributed by atoms with Crippen LogP contribution in [0.1, 0.15) is 83.0 Å². The molecule has 1 saturated carbocycles. The van der Waals surface area contributed by atoms with E-state index in [0.717, 1.165) is 50.8 Å². The van der Waals surface area contributed by atoms with Crippen LogP contribution >= 0.6 is 11.6 Å². The fourth-order valence-corrected chi connectivity index (χ4v) is 4.57. The zero-order valence-electron chi connectivity index (χ0n) is 18.3. The number of benzene rings is 1. The topological polar surface area (TPSA) is 47.6 Å². The summed E-state index contributed by atoms with van der Waals surface area (Å²) in [5.41, 5.74) is -0.0379. The van der Waals surface area contributed by atoms with Crippen LogP contribution in [-0.4, -0.2) is 36.1 Å². The highest BCUT2D eigenvalue weighted by atomic mass is 35.5. The van der Waals surface area contributed by atoms with Crippen LogP contribution in [0.25, 0.3) is 0 Å². The first-order valence-electron chi connectivity index (χ1n) is 11.0. The summed E-state index contributed by atoms with van der Waals surface area (Å²) >= 11 is 5.83. The molecular weight excluding hydrogens is 385 g/mol. The van der Waals surface area contributed by atoms with Crippen molar-refractivity contribution < 1.29 is 14.1 Å². The van der Waals surface area contributed by atoms with Gasteiger partial charge in [0.25, 0.3) is 5.91 Å². The number of carbonyl (C=O) groups is 1. The first-order valence-corrected chi connectivity index (χ1v) is 11.5. The fourth-order valence-electron chi connectivity index (χ4n) is 4.39. The number of amides is 1. The molecule has 1 amide bonds. The Morgan fingerprint density at radius 3 is 2.24 bits per heavy atom. The third-order valence-corrected chi connectivity index (χ3v) is 7.45. The second-order valence-electron chi connectivity index (χ2n) is 9.61. The van der Waals surface area contributed by atoms with Crippen molar-refractivity contribution >= 4 is 24.6 Å². The van der Waals surface area contributed by atoms with Gasteiger partial charge in [0.05, 0.1) is 11.2 Å². The largest absolute Gasteiger partial charge is 0.466 e. The van der Waals surface area contributed by atoms with E-state index in [1.807, 2.05) is 30.3 Å². The van der Waals surface area contributed by atoms with E-state index in [-0.39, 0.29) is 35.6 Å². The van der Waals surface area contributed by atoms with E-state index in [4.69, 9.17) is 20.9 Å². The predicted molar refractivity (Wildman–Crippen MR) is 120 cm³/mol. The molecule has 0 unspecified atom stereocenters. The Balaban J connectivity index is 1.74. The molecule has 1 heterocycles. The van der Waals surface area contributed by atoms with Crippen molar-refractivity contribution in [3.63, 3.8) is 0 Å². The molecule has 0 aromatic heterocycles. The lowest BCUT2D eigenvalue weighted by molar-refractivity contribution is 0.00578. The second-order valence-corrected chi connectivity index (χ2v) is 9.98. The summed E-state index contributed by atoms with van der Waals surface area (Å²) in [5, 5.41) is 3.12. The van der Waals surface area contributed by atoms with Crippen molar-refractivity contribution in [2.75, 3.05) is 5.88 Å². The van der Waals surface area contributed by atoms with Gasteiger partial charge in [-0.3, -0.25) is 4.79 Å².